The Morgan fingerprint density at radius 1 is 1.08 bits per heavy atom. The first kappa shape index (κ1) is 15.1. The minimum atomic E-state index is -0.128. The van der Waals surface area contributed by atoms with E-state index in [1.807, 2.05) is 48.0 Å². The monoisotopic (exact) mass is 332 g/mol. The third-order valence-corrected chi connectivity index (χ3v) is 3.96. The topological polar surface area (TPSA) is 77.6 Å². The highest BCUT2D eigenvalue weighted by atomic mass is 16.1. The summed E-state index contributed by atoms with van der Waals surface area (Å²) < 4.78 is 3.69. The molecule has 0 aliphatic heterocycles. The Kier molecular flexibility index (Phi) is 3.74. The molecule has 4 rings (SSSR count). The minimum absolute atomic E-state index is 0.128. The number of imidazole rings is 1. The second-order valence-corrected chi connectivity index (χ2v) is 5.67. The zero-order chi connectivity index (χ0) is 17.2. The van der Waals surface area contributed by atoms with Crippen molar-refractivity contribution in [2.24, 2.45) is 0 Å². The summed E-state index contributed by atoms with van der Waals surface area (Å²) >= 11 is 0. The van der Waals surface area contributed by atoms with Gasteiger partial charge in [0.1, 0.15) is 12.4 Å². The molecule has 7 nitrogen and oxygen atoms in total. The van der Waals surface area contributed by atoms with E-state index in [9.17, 15) is 4.79 Å². The quantitative estimate of drug-likeness (QED) is 0.623. The Morgan fingerprint density at radius 3 is 2.64 bits per heavy atom. The number of nitrogens with zero attached hydrogens (tertiary/aromatic N) is 5. The molecule has 0 radical (unpaired) electrons. The van der Waals surface area contributed by atoms with Crippen LogP contribution in [-0.2, 0) is 11.3 Å². The normalized spacial score (nSPS) is 10.9. The van der Waals surface area contributed by atoms with E-state index in [2.05, 4.69) is 20.3 Å². The van der Waals surface area contributed by atoms with E-state index in [0.717, 1.165) is 16.7 Å². The fourth-order valence-electron chi connectivity index (χ4n) is 2.73. The largest absolute Gasteiger partial charge is 0.338 e. The number of amides is 1. The average Bonchev–Trinajstić information content (AvgIpc) is 3.22. The van der Waals surface area contributed by atoms with Crippen LogP contribution in [0.5, 0.6) is 0 Å². The molecule has 1 amide bonds. The second-order valence-electron chi connectivity index (χ2n) is 5.67. The minimum Gasteiger partial charge on any atom is -0.338 e. The first-order chi connectivity index (χ1) is 12.2. The fourth-order valence-corrected chi connectivity index (χ4v) is 2.73. The Bertz CT molecular complexity index is 1030. The molecule has 0 fully saturated rings. The Hall–Kier alpha value is -3.48. The zero-order valence-electron chi connectivity index (χ0n) is 13.6. The van der Waals surface area contributed by atoms with E-state index in [4.69, 9.17) is 0 Å². The first-order valence-electron chi connectivity index (χ1n) is 7.87. The molecule has 0 bridgehead atoms. The van der Waals surface area contributed by atoms with Crippen molar-refractivity contribution in [3.8, 4) is 5.95 Å². The van der Waals surface area contributed by atoms with Gasteiger partial charge < -0.3 is 9.88 Å². The lowest BCUT2D eigenvalue weighted by atomic mass is 10.2. The molecule has 0 saturated carbocycles. The Labute approximate surface area is 144 Å². The number of anilines is 1. The third kappa shape index (κ3) is 2.99. The summed E-state index contributed by atoms with van der Waals surface area (Å²) in [7, 11) is 0. The van der Waals surface area contributed by atoms with Crippen LogP contribution in [0, 0.1) is 6.92 Å². The molecule has 7 heteroatoms. The van der Waals surface area contributed by atoms with Crippen LogP contribution >= 0.6 is 0 Å². The molecule has 0 unspecified atom stereocenters. The third-order valence-electron chi connectivity index (χ3n) is 3.96. The van der Waals surface area contributed by atoms with Crippen LogP contribution in [0.1, 0.15) is 5.82 Å². The molecule has 0 atom stereocenters. The molecule has 1 N–H and O–H groups in total. The predicted octanol–water partition coefficient (Wildman–Crippen LogP) is 2.56. The van der Waals surface area contributed by atoms with Crippen LogP contribution in [0.2, 0.25) is 0 Å². The number of benzene rings is 1. The summed E-state index contributed by atoms with van der Waals surface area (Å²) in [6.45, 7) is 2.11. The standard InChI is InChI=1S/C18H16N6O/c1-13-19-7-9-24(13)18-20-10-15(11-21-18)22-17(25)12-23-8-6-14-4-2-3-5-16(14)23/h2-11H,12H2,1H3,(H,22,25). The van der Waals surface area contributed by atoms with Crippen molar-refractivity contribution in [1.29, 1.82) is 0 Å². The van der Waals surface area contributed by atoms with Crippen LogP contribution in [0.4, 0.5) is 5.69 Å². The van der Waals surface area contributed by atoms with E-state index in [1.54, 1.807) is 29.4 Å². The fraction of sp³-hybridized carbons (Fsp3) is 0.111. The van der Waals surface area contributed by atoms with E-state index < -0.39 is 0 Å². The van der Waals surface area contributed by atoms with Gasteiger partial charge in [-0.1, -0.05) is 18.2 Å². The van der Waals surface area contributed by atoms with Crippen LogP contribution in [-0.4, -0.2) is 30.0 Å². The number of rotatable bonds is 4. The van der Waals surface area contributed by atoms with Gasteiger partial charge in [0.25, 0.3) is 0 Å². The number of hydrogen-bond acceptors (Lipinski definition) is 4. The van der Waals surface area contributed by atoms with Gasteiger partial charge in [-0.3, -0.25) is 9.36 Å². The molecule has 0 saturated heterocycles. The molecule has 124 valence electrons. The first-order valence-corrected chi connectivity index (χ1v) is 7.87. The van der Waals surface area contributed by atoms with E-state index >= 15 is 0 Å². The highest BCUT2D eigenvalue weighted by molar-refractivity contribution is 5.91. The van der Waals surface area contributed by atoms with Crippen molar-refractivity contribution in [2.75, 3.05) is 5.32 Å². The number of carbonyl (C=O) groups excluding carboxylic acids is 1. The average molecular weight is 332 g/mol. The number of aryl methyl sites for hydroxylation is 1. The van der Waals surface area contributed by atoms with Gasteiger partial charge in [-0.2, -0.15) is 0 Å². The van der Waals surface area contributed by atoms with Crippen LogP contribution in [0.25, 0.3) is 16.9 Å². The lowest BCUT2D eigenvalue weighted by Crippen LogP contribution is -2.18. The summed E-state index contributed by atoms with van der Waals surface area (Å²) in [6, 6.07) is 9.95. The lowest BCUT2D eigenvalue weighted by molar-refractivity contribution is -0.116. The summed E-state index contributed by atoms with van der Waals surface area (Å²) in [5, 5.41) is 3.93. The van der Waals surface area contributed by atoms with Crippen molar-refractivity contribution in [3.05, 3.63) is 67.1 Å². The number of aromatic nitrogens is 5. The summed E-state index contributed by atoms with van der Waals surface area (Å²) in [4.78, 5) is 25.0. The SMILES string of the molecule is Cc1nccn1-c1ncc(NC(=O)Cn2ccc3ccccc32)cn1. The number of hydrogen-bond donors (Lipinski definition) is 1. The van der Waals surface area contributed by atoms with E-state index in [1.165, 1.54) is 0 Å². The molecule has 4 aromatic rings. The maximum absolute atomic E-state index is 12.3. The van der Waals surface area contributed by atoms with Gasteiger partial charge in [0, 0.05) is 24.1 Å². The van der Waals surface area contributed by atoms with Crippen molar-refractivity contribution < 1.29 is 4.79 Å². The summed E-state index contributed by atoms with van der Waals surface area (Å²) in [6.07, 6.45) is 8.57. The Balaban J connectivity index is 1.47. The van der Waals surface area contributed by atoms with Gasteiger partial charge in [0.15, 0.2) is 0 Å². The maximum Gasteiger partial charge on any atom is 0.244 e. The molecule has 25 heavy (non-hydrogen) atoms. The van der Waals surface area contributed by atoms with Crippen molar-refractivity contribution in [1.82, 2.24) is 24.1 Å². The molecule has 0 spiro atoms. The predicted molar refractivity (Wildman–Crippen MR) is 94.5 cm³/mol. The number of carbonyl (C=O) groups is 1. The zero-order valence-corrected chi connectivity index (χ0v) is 13.6. The number of nitrogens with one attached hydrogen (secondary N) is 1. The molecular weight excluding hydrogens is 316 g/mol. The van der Waals surface area contributed by atoms with Crippen LogP contribution in [0.15, 0.2) is 61.3 Å². The van der Waals surface area contributed by atoms with Gasteiger partial charge >= 0.3 is 0 Å². The van der Waals surface area contributed by atoms with E-state index in [-0.39, 0.29) is 12.5 Å². The van der Waals surface area contributed by atoms with E-state index in [0.29, 0.717) is 11.6 Å². The van der Waals surface area contributed by atoms with Crippen LogP contribution in [0.3, 0.4) is 0 Å². The smallest absolute Gasteiger partial charge is 0.244 e. The molecule has 1 aromatic carbocycles. The molecule has 0 aliphatic carbocycles. The highest BCUT2D eigenvalue weighted by Crippen LogP contribution is 2.15. The van der Waals surface area contributed by atoms with Crippen molar-refractivity contribution in [2.45, 2.75) is 13.5 Å². The van der Waals surface area contributed by atoms with Crippen molar-refractivity contribution in [3.63, 3.8) is 0 Å². The Morgan fingerprint density at radius 2 is 1.88 bits per heavy atom. The van der Waals surface area contributed by atoms with Gasteiger partial charge in [-0.15, -0.1) is 0 Å². The van der Waals surface area contributed by atoms with Gasteiger partial charge in [-0.05, 0) is 24.4 Å². The lowest BCUT2D eigenvalue weighted by Gasteiger charge is -2.08. The number of fused-ring (bicyclic) bond motifs is 1. The van der Waals surface area contributed by atoms with Crippen LogP contribution < -0.4 is 5.32 Å². The molecular formula is C18H16N6O. The number of para-hydroxylation sites is 1. The molecule has 0 aliphatic rings. The maximum atomic E-state index is 12.3. The summed E-state index contributed by atoms with van der Waals surface area (Å²) in [5.41, 5.74) is 1.59. The molecule has 3 aromatic heterocycles. The van der Waals surface area contributed by atoms with Crippen molar-refractivity contribution >= 4 is 22.5 Å². The van der Waals surface area contributed by atoms with Gasteiger partial charge in [-0.25, -0.2) is 15.0 Å². The van der Waals surface area contributed by atoms with Gasteiger partial charge in [0.2, 0.25) is 11.9 Å². The second kappa shape index (κ2) is 6.20. The molecule has 3 heterocycles. The summed E-state index contributed by atoms with van der Waals surface area (Å²) in [5.74, 6) is 1.19. The highest BCUT2D eigenvalue weighted by Gasteiger charge is 2.08. The van der Waals surface area contributed by atoms with Gasteiger partial charge in [0.05, 0.1) is 18.1 Å².